The molecule has 0 spiro atoms. The average molecular weight is 668 g/mol. The number of rotatable bonds is 6. The summed E-state index contributed by atoms with van der Waals surface area (Å²) in [6, 6.07) is 5.59. The lowest BCUT2D eigenvalue weighted by Crippen LogP contribution is -2.06. The summed E-state index contributed by atoms with van der Waals surface area (Å²) >= 11 is 3.67. The van der Waals surface area contributed by atoms with Gasteiger partial charge in [0.25, 0.3) is 17.1 Å². The van der Waals surface area contributed by atoms with Crippen LogP contribution >= 0.6 is 34.2 Å². The van der Waals surface area contributed by atoms with Crippen molar-refractivity contribution in [2.45, 2.75) is 33.2 Å². The van der Waals surface area contributed by atoms with Crippen molar-refractivity contribution in [3.8, 4) is 0 Å². The van der Waals surface area contributed by atoms with Gasteiger partial charge in [-0.15, -0.1) is 12.6 Å². The summed E-state index contributed by atoms with van der Waals surface area (Å²) in [7, 11) is 1.03. The minimum atomic E-state index is -4.81. The molecular formula is C21H10F9N3O6S3. The van der Waals surface area contributed by atoms with Crippen LogP contribution < -0.4 is 0 Å². The van der Waals surface area contributed by atoms with E-state index in [2.05, 4.69) is 12.6 Å². The highest BCUT2D eigenvalue weighted by Crippen LogP contribution is 2.47. The second-order valence-electron chi connectivity index (χ2n) is 7.50. The maximum atomic E-state index is 12.7. The Morgan fingerprint density at radius 1 is 0.524 bits per heavy atom. The molecule has 0 aliphatic rings. The number of benzene rings is 3. The van der Waals surface area contributed by atoms with Gasteiger partial charge >= 0.3 is 18.5 Å². The van der Waals surface area contributed by atoms with E-state index in [1.165, 1.54) is 0 Å². The van der Waals surface area contributed by atoms with Crippen molar-refractivity contribution in [3.05, 3.63) is 102 Å². The van der Waals surface area contributed by atoms with Crippen molar-refractivity contribution in [1.82, 2.24) is 0 Å². The Morgan fingerprint density at radius 3 is 1.10 bits per heavy atom. The van der Waals surface area contributed by atoms with Gasteiger partial charge in [-0.25, -0.2) is 0 Å². The number of nitrogens with zero attached hydrogens (tertiary/aromatic N) is 3. The fourth-order valence-electron chi connectivity index (χ4n) is 2.75. The van der Waals surface area contributed by atoms with Gasteiger partial charge in [-0.05, 0) is 58.0 Å². The standard InChI is InChI=1S/C14H6F6N2O4S2.C7H4F3NO2S/c15-13(16,17)7-1-3-11(9(5-7)21(23)24)27-28-12-4-2-8(14(18,19)20)6-10(12)22(25)26;8-7(9,10)4-1-2-6(14)5(3-4)11(12)13/h1-6H;1-3,14H. The van der Waals surface area contributed by atoms with Crippen molar-refractivity contribution in [1.29, 1.82) is 0 Å². The van der Waals surface area contributed by atoms with Crippen LogP contribution in [-0.4, -0.2) is 14.8 Å². The maximum absolute atomic E-state index is 12.7. The number of alkyl halides is 9. The van der Waals surface area contributed by atoms with Gasteiger partial charge in [-0.1, -0.05) is 0 Å². The molecule has 42 heavy (non-hydrogen) atoms. The Kier molecular flexibility index (Phi) is 10.7. The molecule has 0 amide bonds. The Labute approximate surface area is 240 Å². The SMILES string of the molecule is O=[N+]([O-])c1cc(C(F)(F)F)ccc1S.O=[N+]([O-])c1cc(C(F)(F)F)ccc1SSc1ccc(C(F)(F)F)cc1[N+](=O)[O-]. The van der Waals surface area contributed by atoms with E-state index in [4.69, 9.17) is 0 Å². The van der Waals surface area contributed by atoms with Crippen LogP contribution in [0.3, 0.4) is 0 Å². The van der Waals surface area contributed by atoms with Gasteiger partial charge < -0.3 is 0 Å². The molecule has 0 atom stereocenters. The highest BCUT2D eigenvalue weighted by atomic mass is 33.1. The zero-order valence-corrected chi connectivity index (χ0v) is 22.2. The normalized spacial score (nSPS) is 11.9. The predicted molar refractivity (Wildman–Crippen MR) is 133 cm³/mol. The number of nitro benzene ring substituents is 3. The maximum Gasteiger partial charge on any atom is 0.416 e. The molecule has 21 heteroatoms. The molecule has 0 aliphatic heterocycles. The topological polar surface area (TPSA) is 129 Å². The first-order chi connectivity index (χ1) is 19.1. The highest BCUT2D eigenvalue weighted by Gasteiger charge is 2.35. The second-order valence-corrected chi connectivity index (χ2v) is 10.2. The van der Waals surface area contributed by atoms with E-state index in [1.54, 1.807) is 0 Å². The molecule has 3 rings (SSSR count). The third-order valence-electron chi connectivity index (χ3n) is 4.69. The summed E-state index contributed by atoms with van der Waals surface area (Å²) in [5.74, 6) is 0. The van der Waals surface area contributed by atoms with Gasteiger partial charge in [0, 0.05) is 18.2 Å². The Balaban J connectivity index is 0.000000369. The van der Waals surface area contributed by atoms with E-state index in [9.17, 15) is 69.9 Å². The molecule has 226 valence electrons. The van der Waals surface area contributed by atoms with E-state index < -0.39 is 67.1 Å². The van der Waals surface area contributed by atoms with Crippen LogP contribution in [-0.2, 0) is 18.5 Å². The van der Waals surface area contributed by atoms with E-state index in [0.29, 0.717) is 51.9 Å². The molecule has 0 aromatic heterocycles. The van der Waals surface area contributed by atoms with Crippen LogP contribution in [0.15, 0.2) is 69.3 Å². The largest absolute Gasteiger partial charge is 0.416 e. The molecule has 0 heterocycles. The van der Waals surface area contributed by atoms with Crippen LogP contribution in [0.2, 0.25) is 0 Å². The summed E-state index contributed by atoms with van der Waals surface area (Å²) in [5, 5.41) is 32.3. The first-order valence-electron chi connectivity index (χ1n) is 10.2. The Bertz CT molecular complexity index is 1440. The van der Waals surface area contributed by atoms with Crippen molar-refractivity contribution in [3.63, 3.8) is 0 Å². The summed E-state index contributed by atoms with van der Waals surface area (Å²) in [6.45, 7) is 0. The molecular weight excluding hydrogens is 657 g/mol. The number of halogens is 9. The van der Waals surface area contributed by atoms with E-state index in [-0.39, 0.29) is 14.7 Å². The fraction of sp³-hybridized carbons (Fsp3) is 0.143. The van der Waals surface area contributed by atoms with Crippen molar-refractivity contribution in [2.24, 2.45) is 0 Å². The summed E-state index contributed by atoms with van der Waals surface area (Å²) < 4.78 is 112. The minimum Gasteiger partial charge on any atom is -0.258 e. The molecule has 3 aromatic rings. The lowest BCUT2D eigenvalue weighted by Gasteiger charge is -2.10. The van der Waals surface area contributed by atoms with Gasteiger partial charge in [0.05, 0.1) is 46.1 Å². The smallest absolute Gasteiger partial charge is 0.258 e. The summed E-state index contributed by atoms with van der Waals surface area (Å²) in [4.78, 5) is 28.7. The number of nitro groups is 3. The molecule has 0 bridgehead atoms. The van der Waals surface area contributed by atoms with Crippen molar-refractivity contribution < 1.29 is 54.3 Å². The van der Waals surface area contributed by atoms with Crippen LogP contribution in [0.5, 0.6) is 0 Å². The van der Waals surface area contributed by atoms with Crippen molar-refractivity contribution >= 4 is 51.3 Å². The molecule has 9 nitrogen and oxygen atoms in total. The van der Waals surface area contributed by atoms with Crippen LogP contribution in [0.25, 0.3) is 0 Å². The zero-order chi connectivity index (χ0) is 32.2. The van der Waals surface area contributed by atoms with Crippen LogP contribution in [0.1, 0.15) is 16.7 Å². The predicted octanol–water partition coefficient (Wildman–Crippen LogP) is 9.24. The monoisotopic (exact) mass is 667 g/mol. The van der Waals surface area contributed by atoms with Crippen LogP contribution in [0, 0.1) is 30.3 Å². The molecule has 0 unspecified atom stereocenters. The van der Waals surface area contributed by atoms with E-state index in [1.807, 2.05) is 0 Å². The molecule has 0 aliphatic carbocycles. The fourth-order valence-corrected chi connectivity index (χ4v) is 5.22. The molecule has 3 aromatic carbocycles. The second kappa shape index (κ2) is 13.1. The van der Waals surface area contributed by atoms with E-state index in [0.717, 1.165) is 24.3 Å². The van der Waals surface area contributed by atoms with Gasteiger partial charge in [-0.2, -0.15) is 39.5 Å². The number of hydrogen-bond acceptors (Lipinski definition) is 9. The lowest BCUT2D eigenvalue weighted by molar-refractivity contribution is -0.388. The van der Waals surface area contributed by atoms with Crippen LogP contribution in [0.4, 0.5) is 56.6 Å². The highest BCUT2D eigenvalue weighted by molar-refractivity contribution is 8.76. The van der Waals surface area contributed by atoms with Gasteiger partial charge in [0.1, 0.15) is 0 Å². The molecule has 0 N–H and O–H groups in total. The molecule has 0 saturated heterocycles. The first kappa shape index (κ1) is 34.5. The van der Waals surface area contributed by atoms with Gasteiger partial charge in [0.15, 0.2) is 0 Å². The van der Waals surface area contributed by atoms with Gasteiger partial charge in [-0.3, -0.25) is 30.3 Å². The van der Waals surface area contributed by atoms with Gasteiger partial charge in [0.2, 0.25) is 0 Å². The number of hydrogen-bond donors (Lipinski definition) is 1. The summed E-state index contributed by atoms with van der Waals surface area (Å²) in [6.07, 6.45) is -14.2. The Morgan fingerprint density at radius 2 is 0.810 bits per heavy atom. The molecule has 0 fully saturated rings. The third-order valence-corrected chi connectivity index (χ3v) is 7.53. The minimum absolute atomic E-state index is 0.0944. The Hall–Kier alpha value is -3.72. The summed E-state index contributed by atoms with van der Waals surface area (Å²) in [5.41, 5.74) is -5.99. The third kappa shape index (κ3) is 9.14. The first-order valence-corrected chi connectivity index (χ1v) is 12.8. The molecule has 0 radical (unpaired) electrons. The average Bonchev–Trinajstić information content (AvgIpc) is 2.85. The van der Waals surface area contributed by atoms with Crippen molar-refractivity contribution in [2.75, 3.05) is 0 Å². The zero-order valence-electron chi connectivity index (χ0n) is 19.7. The molecule has 0 saturated carbocycles. The number of thiol groups is 1. The lowest BCUT2D eigenvalue weighted by atomic mass is 10.2. The quantitative estimate of drug-likeness (QED) is 0.0906. The van der Waals surface area contributed by atoms with E-state index >= 15 is 0 Å².